The van der Waals surface area contributed by atoms with Crippen molar-refractivity contribution in [2.24, 2.45) is 0 Å². The minimum atomic E-state index is -3.73. The minimum Gasteiger partial charge on any atom is -0.383 e. The summed E-state index contributed by atoms with van der Waals surface area (Å²) in [7, 11) is -3.73. The highest BCUT2D eigenvalue weighted by atomic mass is 79.9. The fourth-order valence-electron chi connectivity index (χ4n) is 2.98. The van der Waals surface area contributed by atoms with Gasteiger partial charge in [0.05, 0.1) is 5.69 Å². The number of rotatable bonds is 6. The summed E-state index contributed by atoms with van der Waals surface area (Å²) >= 11 is 3.20. The number of para-hydroxylation sites is 1. The first kappa shape index (κ1) is 20.0. The summed E-state index contributed by atoms with van der Waals surface area (Å²) < 4.78 is 41.8. The molecule has 0 radical (unpaired) electrons. The zero-order valence-corrected chi connectivity index (χ0v) is 17.0. The number of halogens is 2. The minimum absolute atomic E-state index is 0.0378. The Hall–Kier alpha value is -1.75. The van der Waals surface area contributed by atoms with Crippen LogP contribution >= 0.6 is 15.9 Å². The largest absolute Gasteiger partial charge is 0.383 e. The van der Waals surface area contributed by atoms with Crippen molar-refractivity contribution >= 4 is 37.5 Å². The van der Waals surface area contributed by atoms with Gasteiger partial charge in [-0.25, -0.2) is 22.5 Å². The Morgan fingerprint density at radius 2 is 1.93 bits per heavy atom. The summed E-state index contributed by atoms with van der Waals surface area (Å²) in [5.74, 6) is -0.261. The fourth-order valence-corrected chi connectivity index (χ4v) is 4.59. The highest BCUT2D eigenvalue weighted by Crippen LogP contribution is 2.21. The van der Waals surface area contributed by atoms with Crippen molar-refractivity contribution in [1.29, 1.82) is 0 Å². The lowest BCUT2D eigenvalue weighted by Gasteiger charge is -2.36. The van der Waals surface area contributed by atoms with Crippen molar-refractivity contribution in [3.05, 3.63) is 46.8 Å². The maximum Gasteiger partial charge on any atom is 0.244 e. The summed E-state index contributed by atoms with van der Waals surface area (Å²) in [6.45, 7) is 3.67. The Balaban J connectivity index is 1.50. The number of pyridine rings is 1. The zero-order chi connectivity index (χ0) is 19.4. The number of anilines is 2. The number of nitrogens with zero attached hydrogens (tertiary/aromatic N) is 3. The van der Waals surface area contributed by atoms with Gasteiger partial charge in [-0.1, -0.05) is 12.1 Å². The van der Waals surface area contributed by atoms with Gasteiger partial charge < -0.3 is 10.6 Å². The highest BCUT2D eigenvalue weighted by molar-refractivity contribution is 9.10. The summed E-state index contributed by atoms with van der Waals surface area (Å²) in [5, 5.41) is 0. The normalized spacial score (nSPS) is 15.9. The number of benzene rings is 1. The lowest BCUT2D eigenvalue weighted by atomic mass is 10.2. The van der Waals surface area contributed by atoms with Crippen molar-refractivity contribution in [1.82, 2.24) is 14.6 Å². The summed E-state index contributed by atoms with van der Waals surface area (Å²) in [6.07, 6.45) is 1.45. The molecule has 0 spiro atoms. The van der Waals surface area contributed by atoms with E-state index in [1.54, 1.807) is 12.1 Å². The van der Waals surface area contributed by atoms with Gasteiger partial charge in [-0.15, -0.1) is 0 Å². The Morgan fingerprint density at radius 3 is 2.63 bits per heavy atom. The van der Waals surface area contributed by atoms with E-state index in [2.05, 4.69) is 30.5 Å². The van der Waals surface area contributed by atoms with Crippen molar-refractivity contribution in [2.45, 2.75) is 4.90 Å². The number of hydrogen-bond acceptors (Lipinski definition) is 6. The van der Waals surface area contributed by atoms with Gasteiger partial charge in [0.25, 0.3) is 0 Å². The molecule has 0 unspecified atom stereocenters. The van der Waals surface area contributed by atoms with Gasteiger partial charge in [0.1, 0.15) is 16.5 Å². The molecule has 7 nitrogen and oxygen atoms in total. The van der Waals surface area contributed by atoms with E-state index in [0.717, 1.165) is 13.1 Å². The van der Waals surface area contributed by atoms with Crippen LogP contribution in [0.4, 0.5) is 15.9 Å². The Kier molecular flexibility index (Phi) is 6.30. The summed E-state index contributed by atoms with van der Waals surface area (Å²) in [5.41, 5.74) is 6.28. The average molecular weight is 458 g/mol. The van der Waals surface area contributed by atoms with Crippen LogP contribution in [0.2, 0.25) is 0 Å². The van der Waals surface area contributed by atoms with E-state index < -0.39 is 10.0 Å². The molecular weight excluding hydrogens is 437 g/mol. The molecule has 3 N–H and O–H groups in total. The second-order valence-corrected chi connectivity index (χ2v) is 8.87. The van der Waals surface area contributed by atoms with Crippen LogP contribution in [0.3, 0.4) is 0 Å². The lowest BCUT2D eigenvalue weighted by Crippen LogP contribution is -2.48. The van der Waals surface area contributed by atoms with E-state index in [4.69, 9.17) is 5.73 Å². The van der Waals surface area contributed by atoms with Gasteiger partial charge in [-0.2, -0.15) is 0 Å². The third-order valence-corrected chi connectivity index (χ3v) is 6.35. The van der Waals surface area contributed by atoms with Gasteiger partial charge in [-0.05, 0) is 34.1 Å². The van der Waals surface area contributed by atoms with E-state index in [-0.39, 0.29) is 23.1 Å². The number of hydrogen-bond donors (Lipinski definition) is 2. The molecule has 146 valence electrons. The van der Waals surface area contributed by atoms with Crippen molar-refractivity contribution in [3.8, 4) is 0 Å². The third kappa shape index (κ3) is 4.95. The molecule has 0 amide bonds. The smallest absolute Gasteiger partial charge is 0.244 e. The van der Waals surface area contributed by atoms with Gasteiger partial charge in [0, 0.05) is 49.9 Å². The molecule has 0 saturated carbocycles. The second kappa shape index (κ2) is 8.51. The van der Waals surface area contributed by atoms with Gasteiger partial charge in [-0.3, -0.25) is 4.90 Å². The molecule has 1 aliphatic heterocycles. The van der Waals surface area contributed by atoms with Crippen molar-refractivity contribution in [3.63, 3.8) is 0 Å². The van der Waals surface area contributed by atoms with E-state index in [9.17, 15) is 12.8 Å². The summed E-state index contributed by atoms with van der Waals surface area (Å²) in [6, 6.07) is 8.16. The predicted octanol–water partition coefficient (Wildman–Crippen LogP) is 1.67. The van der Waals surface area contributed by atoms with Gasteiger partial charge in [0.2, 0.25) is 10.0 Å². The summed E-state index contributed by atoms with van der Waals surface area (Å²) in [4.78, 5) is 7.96. The number of nitrogen functional groups attached to an aromatic ring is 1. The first-order chi connectivity index (χ1) is 12.9. The molecule has 27 heavy (non-hydrogen) atoms. The molecule has 0 bridgehead atoms. The van der Waals surface area contributed by atoms with Crippen LogP contribution in [0.25, 0.3) is 0 Å². The Bertz CT molecular complexity index is 904. The molecule has 10 heteroatoms. The van der Waals surface area contributed by atoms with Crippen molar-refractivity contribution < 1.29 is 12.8 Å². The Morgan fingerprint density at radius 1 is 1.22 bits per heavy atom. The van der Waals surface area contributed by atoms with Crippen LogP contribution in [0, 0.1) is 5.82 Å². The monoisotopic (exact) mass is 457 g/mol. The third-order valence-electron chi connectivity index (χ3n) is 4.42. The topological polar surface area (TPSA) is 91.6 Å². The second-order valence-electron chi connectivity index (χ2n) is 6.21. The average Bonchev–Trinajstić information content (AvgIpc) is 2.65. The standard InChI is InChI=1S/C17H21BrFN5O2S/c18-13-11-16(17(20)21-12-13)27(25,26)22-5-6-23-7-9-24(10-8-23)15-4-2-1-3-14(15)19/h1-4,11-12,22H,5-10H2,(H2,20,21). The first-order valence-corrected chi connectivity index (χ1v) is 10.8. The molecule has 2 aromatic rings. The molecule has 1 aromatic carbocycles. The highest BCUT2D eigenvalue weighted by Gasteiger charge is 2.21. The van der Waals surface area contributed by atoms with E-state index in [1.807, 2.05) is 11.0 Å². The molecule has 1 saturated heterocycles. The zero-order valence-electron chi connectivity index (χ0n) is 14.6. The SMILES string of the molecule is Nc1ncc(Br)cc1S(=O)(=O)NCCN1CCN(c2ccccc2F)CC1. The molecule has 2 heterocycles. The van der Waals surface area contributed by atoms with E-state index in [1.165, 1.54) is 18.3 Å². The van der Waals surface area contributed by atoms with E-state index in [0.29, 0.717) is 29.8 Å². The fraction of sp³-hybridized carbons (Fsp3) is 0.353. The molecule has 1 fully saturated rings. The van der Waals surface area contributed by atoms with E-state index >= 15 is 0 Å². The van der Waals surface area contributed by atoms with Crippen LogP contribution in [0.1, 0.15) is 0 Å². The van der Waals surface area contributed by atoms with Crippen LogP contribution in [-0.2, 0) is 10.0 Å². The molecular formula is C17H21BrFN5O2S. The van der Waals surface area contributed by atoms with Crippen molar-refractivity contribution in [2.75, 3.05) is 49.9 Å². The van der Waals surface area contributed by atoms with Crippen LogP contribution in [-0.4, -0.2) is 57.6 Å². The lowest BCUT2D eigenvalue weighted by molar-refractivity contribution is 0.261. The predicted molar refractivity (Wildman–Crippen MR) is 107 cm³/mol. The Labute approximate surface area is 166 Å². The molecule has 0 atom stereocenters. The number of sulfonamides is 1. The molecule has 1 aromatic heterocycles. The van der Waals surface area contributed by atoms with Crippen LogP contribution in [0.5, 0.6) is 0 Å². The van der Waals surface area contributed by atoms with Crippen LogP contribution < -0.4 is 15.4 Å². The molecule has 3 rings (SSSR count). The van der Waals surface area contributed by atoms with Gasteiger partial charge in [0.15, 0.2) is 0 Å². The maximum atomic E-state index is 13.9. The molecule has 1 aliphatic rings. The first-order valence-electron chi connectivity index (χ1n) is 8.49. The number of nitrogens with one attached hydrogen (secondary N) is 1. The number of aromatic nitrogens is 1. The maximum absolute atomic E-state index is 13.9. The molecule has 0 aliphatic carbocycles. The van der Waals surface area contributed by atoms with Crippen LogP contribution in [0.15, 0.2) is 45.9 Å². The number of nitrogens with two attached hydrogens (primary N) is 1. The quantitative estimate of drug-likeness (QED) is 0.685. The van der Waals surface area contributed by atoms with Gasteiger partial charge >= 0.3 is 0 Å². The number of piperazine rings is 1.